The van der Waals surface area contributed by atoms with E-state index in [2.05, 4.69) is 6.92 Å². The Kier molecular flexibility index (Phi) is 3.17. The average Bonchev–Trinajstić information content (AvgIpc) is 2.92. The minimum absolute atomic E-state index is 0.0645. The normalized spacial score (nSPS) is 50.5. The zero-order valence-electron chi connectivity index (χ0n) is 13.4. The SMILES string of the molecule is C[C@@]12CCC[C@H]1[C@@H]1CCC3C=CC(=O)C(=O)[C@]3(CO)[C@H]1CC2. The molecule has 0 aliphatic heterocycles. The summed E-state index contributed by atoms with van der Waals surface area (Å²) in [7, 11) is 0. The first-order chi connectivity index (χ1) is 10.5. The number of hydrogen-bond acceptors (Lipinski definition) is 3. The highest BCUT2D eigenvalue weighted by Crippen LogP contribution is 2.64. The van der Waals surface area contributed by atoms with Gasteiger partial charge in [-0.2, -0.15) is 0 Å². The Morgan fingerprint density at radius 3 is 2.73 bits per heavy atom. The third-order valence-electron chi connectivity index (χ3n) is 7.74. The molecule has 0 saturated heterocycles. The van der Waals surface area contributed by atoms with Crippen LogP contribution in [0.15, 0.2) is 12.2 Å². The first-order valence-corrected chi connectivity index (χ1v) is 8.91. The lowest BCUT2D eigenvalue weighted by Gasteiger charge is -2.58. The third-order valence-corrected chi connectivity index (χ3v) is 7.74. The van der Waals surface area contributed by atoms with Gasteiger partial charge in [-0.1, -0.05) is 19.4 Å². The fraction of sp³-hybridized carbons (Fsp3) is 0.789. The van der Waals surface area contributed by atoms with Crippen molar-refractivity contribution in [3.8, 4) is 0 Å². The Balaban J connectivity index is 1.77. The van der Waals surface area contributed by atoms with Gasteiger partial charge in [0.2, 0.25) is 11.6 Å². The van der Waals surface area contributed by atoms with Gasteiger partial charge in [0, 0.05) is 0 Å². The average molecular weight is 302 g/mol. The first kappa shape index (κ1) is 14.6. The number of allylic oxidation sites excluding steroid dienone is 2. The molecule has 1 N–H and O–H groups in total. The van der Waals surface area contributed by atoms with Crippen LogP contribution in [-0.2, 0) is 9.59 Å². The molecule has 3 nitrogen and oxygen atoms in total. The van der Waals surface area contributed by atoms with Crippen LogP contribution in [-0.4, -0.2) is 23.3 Å². The quantitative estimate of drug-likeness (QED) is 0.758. The summed E-state index contributed by atoms with van der Waals surface area (Å²) < 4.78 is 0. The van der Waals surface area contributed by atoms with E-state index in [-0.39, 0.29) is 24.2 Å². The highest BCUT2D eigenvalue weighted by atomic mass is 16.3. The molecular weight excluding hydrogens is 276 g/mol. The number of Topliss-reactive ketones (excluding diaryl/α,β-unsaturated/α-hetero) is 1. The molecule has 22 heavy (non-hydrogen) atoms. The molecule has 120 valence electrons. The fourth-order valence-electron chi connectivity index (χ4n) is 6.65. The topological polar surface area (TPSA) is 54.4 Å². The number of carbonyl (C=O) groups excluding carboxylic acids is 2. The molecule has 4 rings (SSSR count). The smallest absolute Gasteiger partial charge is 0.221 e. The highest BCUT2D eigenvalue weighted by molar-refractivity contribution is 6.44. The van der Waals surface area contributed by atoms with Gasteiger partial charge in [-0.25, -0.2) is 0 Å². The number of aliphatic hydroxyl groups excluding tert-OH is 1. The molecule has 3 saturated carbocycles. The zero-order valence-corrected chi connectivity index (χ0v) is 13.4. The van der Waals surface area contributed by atoms with Crippen molar-refractivity contribution in [2.75, 3.05) is 6.61 Å². The van der Waals surface area contributed by atoms with Crippen LogP contribution in [0.1, 0.15) is 51.9 Å². The summed E-state index contributed by atoms with van der Waals surface area (Å²) in [4.78, 5) is 24.8. The Bertz CT molecular complexity index is 551. The number of rotatable bonds is 1. The van der Waals surface area contributed by atoms with Gasteiger partial charge in [-0.3, -0.25) is 9.59 Å². The zero-order chi connectivity index (χ0) is 15.5. The molecule has 3 fully saturated rings. The van der Waals surface area contributed by atoms with Crippen LogP contribution in [0.2, 0.25) is 0 Å². The summed E-state index contributed by atoms with van der Waals surface area (Å²) >= 11 is 0. The van der Waals surface area contributed by atoms with Gasteiger partial charge in [-0.05, 0) is 73.7 Å². The van der Waals surface area contributed by atoms with E-state index in [1.54, 1.807) is 0 Å². The summed E-state index contributed by atoms with van der Waals surface area (Å²) in [6.45, 7) is 2.27. The molecular formula is C19H26O3. The lowest BCUT2D eigenvalue weighted by molar-refractivity contribution is -0.161. The summed E-state index contributed by atoms with van der Waals surface area (Å²) in [6.07, 6.45) is 11.5. The van der Waals surface area contributed by atoms with E-state index >= 15 is 0 Å². The molecule has 0 aromatic heterocycles. The Hall–Kier alpha value is -0.960. The Morgan fingerprint density at radius 1 is 1.14 bits per heavy atom. The monoisotopic (exact) mass is 302 g/mol. The lowest BCUT2D eigenvalue weighted by Crippen LogP contribution is -2.59. The Labute approximate surface area is 132 Å². The van der Waals surface area contributed by atoms with E-state index in [1.165, 1.54) is 25.3 Å². The van der Waals surface area contributed by atoms with Crippen molar-refractivity contribution in [1.29, 1.82) is 0 Å². The maximum absolute atomic E-state index is 12.8. The molecule has 0 aromatic rings. The molecule has 0 amide bonds. The van der Waals surface area contributed by atoms with Crippen molar-refractivity contribution in [2.24, 2.45) is 34.5 Å². The summed E-state index contributed by atoms with van der Waals surface area (Å²) in [5.41, 5.74) is -0.374. The van der Waals surface area contributed by atoms with E-state index in [1.807, 2.05) is 6.08 Å². The predicted molar refractivity (Wildman–Crippen MR) is 83.1 cm³/mol. The van der Waals surface area contributed by atoms with Crippen LogP contribution in [0.25, 0.3) is 0 Å². The second kappa shape index (κ2) is 4.77. The van der Waals surface area contributed by atoms with Crippen LogP contribution in [0.3, 0.4) is 0 Å². The number of aliphatic hydroxyl groups is 1. The van der Waals surface area contributed by atoms with Crippen molar-refractivity contribution >= 4 is 11.6 Å². The lowest BCUT2D eigenvalue weighted by atomic mass is 9.45. The van der Waals surface area contributed by atoms with Crippen molar-refractivity contribution in [3.05, 3.63) is 12.2 Å². The van der Waals surface area contributed by atoms with Gasteiger partial charge in [0.25, 0.3) is 0 Å². The van der Waals surface area contributed by atoms with Gasteiger partial charge in [0.1, 0.15) is 0 Å². The molecule has 0 spiro atoms. The standard InChI is InChI=1S/C19H26O3/c1-18-9-2-3-14(18)13-6-4-12-5-7-16(21)17(22)19(12,11-20)15(13)8-10-18/h5,7,12-15,20H,2-4,6,8-11H2,1H3/t12?,13-,14-,15-,18-,19-/m0/s1. The minimum atomic E-state index is -0.807. The van der Waals surface area contributed by atoms with Crippen LogP contribution >= 0.6 is 0 Å². The van der Waals surface area contributed by atoms with Gasteiger partial charge >= 0.3 is 0 Å². The van der Waals surface area contributed by atoms with Crippen molar-refractivity contribution in [1.82, 2.24) is 0 Å². The summed E-state index contributed by atoms with van der Waals surface area (Å²) in [5.74, 6) is 0.769. The minimum Gasteiger partial charge on any atom is -0.395 e. The molecule has 0 aromatic carbocycles. The van der Waals surface area contributed by atoms with Crippen LogP contribution in [0.4, 0.5) is 0 Å². The maximum atomic E-state index is 12.8. The van der Waals surface area contributed by atoms with Gasteiger partial charge in [0.05, 0.1) is 12.0 Å². The summed E-state index contributed by atoms with van der Waals surface area (Å²) in [6, 6.07) is 0. The molecule has 6 atom stereocenters. The second-order valence-corrected chi connectivity index (χ2v) is 8.40. The van der Waals surface area contributed by atoms with E-state index in [9.17, 15) is 14.7 Å². The second-order valence-electron chi connectivity index (χ2n) is 8.40. The van der Waals surface area contributed by atoms with E-state index in [4.69, 9.17) is 0 Å². The summed E-state index contributed by atoms with van der Waals surface area (Å²) in [5, 5.41) is 10.2. The number of fused-ring (bicyclic) bond motifs is 5. The van der Waals surface area contributed by atoms with Crippen molar-refractivity contribution in [2.45, 2.75) is 51.9 Å². The number of ketones is 2. The number of hydrogen-bond donors (Lipinski definition) is 1. The van der Waals surface area contributed by atoms with Crippen molar-refractivity contribution < 1.29 is 14.7 Å². The van der Waals surface area contributed by atoms with Gasteiger partial charge in [-0.15, -0.1) is 0 Å². The van der Waals surface area contributed by atoms with Gasteiger partial charge in [0.15, 0.2) is 0 Å². The van der Waals surface area contributed by atoms with Crippen LogP contribution < -0.4 is 0 Å². The maximum Gasteiger partial charge on any atom is 0.221 e. The first-order valence-electron chi connectivity index (χ1n) is 8.91. The highest BCUT2D eigenvalue weighted by Gasteiger charge is 2.62. The third kappa shape index (κ3) is 1.66. The molecule has 0 heterocycles. The van der Waals surface area contributed by atoms with E-state index < -0.39 is 11.2 Å². The Morgan fingerprint density at radius 2 is 1.95 bits per heavy atom. The molecule has 0 radical (unpaired) electrons. The molecule has 4 aliphatic carbocycles. The largest absolute Gasteiger partial charge is 0.395 e. The fourth-order valence-corrected chi connectivity index (χ4v) is 6.65. The molecule has 0 bridgehead atoms. The van der Waals surface area contributed by atoms with E-state index in [0.29, 0.717) is 17.3 Å². The predicted octanol–water partition coefficient (Wildman–Crippen LogP) is 2.92. The van der Waals surface area contributed by atoms with Crippen LogP contribution in [0, 0.1) is 34.5 Å². The van der Waals surface area contributed by atoms with Gasteiger partial charge < -0.3 is 5.11 Å². The van der Waals surface area contributed by atoms with E-state index in [0.717, 1.165) is 25.7 Å². The van der Waals surface area contributed by atoms with Crippen LogP contribution in [0.5, 0.6) is 0 Å². The molecule has 3 heteroatoms. The van der Waals surface area contributed by atoms with Crippen molar-refractivity contribution in [3.63, 3.8) is 0 Å². The number of carbonyl (C=O) groups is 2. The molecule has 4 aliphatic rings. The molecule has 1 unspecified atom stereocenters.